The van der Waals surface area contributed by atoms with Crippen LogP contribution in [0.5, 0.6) is 0 Å². The lowest BCUT2D eigenvalue weighted by molar-refractivity contribution is 0.0769. The van der Waals surface area contributed by atoms with E-state index in [1.807, 2.05) is 6.07 Å². The predicted molar refractivity (Wildman–Crippen MR) is 87.9 cm³/mol. The van der Waals surface area contributed by atoms with Gasteiger partial charge in [0.1, 0.15) is 11.8 Å². The molecule has 2 aromatic rings. The maximum absolute atomic E-state index is 12.9. The van der Waals surface area contributed by atoms with Gasteiger partial charge in [-0.3, -0.25) is 4.79 Å². The standard InChI is InChI=1S/C17H16ClN5O2/c1-10-21-16(25-22-10)17-4-2-3-12(17)8-23(9-17)15(24)14-13(18)5-11(6-19)7-20-14/h5,7,12H,2-4,8-9H2,1H3/t12-,17-/m0/s1. The smallest absolute Gasteiger partial charge is 0.274 e. The van der Waals surface area contributed by atoms with Crippen LogP contribution in [0, 0.1) is 24.2 Å². The quantitative estimate of drug-likeness (QED) is 0.819. The molecule has 2 aromatic heterocycles. The van der Waals surface area contributed by atoms with E-state index in [9.17, 15) is 4.79 Å². The molecule has 8 heteroatoms. The topological polar surface area (TPSA) is 95.9 Å². The fourth-order valence-electron chi connectivity index (χ4n) is 4.10. The average molecular weight is 358 g/mol. The molecular formula is C17H16ClN5O2. The van der Waals surface area contributed by atoms with E-state index >= 15 is 0 Å². The van der Waals surface area contributed by atoms with Gasteiger partial charge in [0, 0.05) is 19.3 Å². The number of nitrogens with zero attached hydrogens (tertiary/aromatic N) is 5. The van der Waals surface area contributed by atoms with Crippen molar-refractivity contribution in [1.82, 2.24) is 20.0 Å². The average Bonchev–Trinajstić information content (AvgIpc) is 3.27. The second kappa shape index (κ2) is 5.81. The molecule has 2 fully saturated rings. The lowest BCUT2D eigenvalue weighted by Crippen LogP contribution is -2.35. The molecule has 0 spiro atoms. The van der Waals surface area contributed by atoms with Crippen molar-refractivity contribution in [3.05, 3.63) is 40.3 Å². The van der Waals surface area contributed by atoms with E-state index in [0.29, 0.717) is 36.3 Å². The van der Waals surface area contributed by atoms with E-state index < -0.39 is 0 Å². The van der Waals surface area contributed by atoms with E-state index in [2.05, 4.69) is 15.1 Å². The van der Waals surface area contributed by atoms with Gasteiger partial charge in [0.15, 0.2) is 5.82 Å². The summed E-state index contributed by atoms with van der Waals surface area (Å²) in [5.41, 5.74) is 0.242. The van der Waals surface area contributed by atoms with Crippen molar-refractivity contribution < 1.29 is 9.32 Å². The Labute approximate surface area is 149 Å². The van der Waals surface area contributed by atoms with Crippen molar-refractivity contribution in [2.75, 3.05) is 13.1 Å². The number of carbonyl (C=O) groups is 1. The largest absolute Gasteiger partial charge is 0.339 e. The third kappa shape index (κ3) is 2.48. The van der Waals surface area contributed by atoms with Gasteiger partial charge >= 0.3 is 0 Å². The minimum Gasteiger partial charge on any atom is -0.339 e. The lowest BCUT2D eigenvalue weighted by atomic mass is 9.80. The summed E-state index contributed by atoms with van der Waals surface area (Å²) in [6.07, 6.45) is 4.41. The van der Waals surface area contributed by atoms with E-state index in [4.69, 9.17) is 21.4 Å². The molecule has 0 radical (unpaired) electrons. The summed E-state index contributed by atoms with van der Waals surface area (Å²) in [6.45, 7) is 2.94. The Kier molecular flexibility index (Phi) is 3.73. The highest BCUT2D eigenvalue weighted by Crippen LogP contribution is 2.50. The SMILES string of the molecule is Cc1noc([C@]23CCC[C@H]2CN(C(=O)c2ncc(C#N)cc2Cl)C3)n1. The number of amides is 1. The Morgan fingerprint density at radius 1 is 1.56 bits per heavy atom. The van der Waals surface area contributed by atoms with Crippen LogP contribution in [-0.2, 0) is 5.41 Å². The van der Waals surface area contributed by atoms with Crippen LogP contribution >= 0.6 is 11.6 Å². The molecule has 0 aromatic carbocycles. The first-order valence-electron chi connectivity index (χ1n) is 8.19. The van der Waals surface area contributed by atoms with Crippen molar-refractivity contribution in [3.8, 4) is 6.07 Å². The number of carbonyl (C=O) groups excluding carboxylic acids is 1. The van der Waals surface area contributed by atoms with Gasteiger partial charge in [0.25, 0.3) is 5.91 Å². The summed E-state index contributed by atoms with van der Waals surface area (Å²) in [4.78, 5) is 23.2. The van der Waals surface area contributed by atoms with E-state index in [1.165, 1.54) is 12.3 Å². The molecule has 1 saturated carbocycles. The van der Waals surface area contributed by atoms with Gasteiger partial charge in [-0.25, -0.2) is 4.98 Å². The zero-order chi connectivity index (χ0) is 17.6. The monoisotopic (exact) mass is 357 g/mol. The minimum atomic E-state index is -0.268. The molecule has 1 saturated heterocycles. The van der Waals surface area contributed by atoms with Gasteiger partial charge in [-0.1, -0.05) is 23.2 Å². The van der Waals surface area contributed by atoms with E-state index in [-0.39, 0.29) is 22.0 Å². The number of aryl methyl sites for hydroxylation is 1. The minimum absolute atomic E-state index is 0.178. The normalized spacial score (nSPS) is 25.0. The Balaban J connectivity index is 1.63. The van der Waals surface area contributed by atoms with Crippen molar-refractivity contribution in [1.29, 1.82) is 5.26 Å². The first kappa shape index (κ1) is 16.0. The van der Waals surface area contributed by atoms with Crippen LogP contribution in [0.2, 0.25) is 5.02 Å². The molecule has 25 heavy (non-hydrogen) atoms. The van der Waals surface area contributed by atoms with E-state index in [0.717, 1.165) is 19.3 Å². The fourth-order valence-corrected chi connectivity index (χ4v) is 4.35. The molecule has 4 rings (SSSR count). The zero-order valence-electron chi connectivity index (χ0n) is 13.7. The second-order valence-electron chi connectivity index (χ2n) is 6.74. The molecule has 0 bridgehead atoms. The van der Waals surface area contributed by atoms with Crippen molar-refractivity contribution >= 4 is 17.5 Å². The fraction of sp³-hybridized carbons (Fsp3) is 0.471. The third-order valence-corrected chi connectivity index (χ3v) is 5.57. The van der Waals surface area contributed by atoms with Crippen LogP contribution in [0.15, 0.2) is 16.8 Å². The molecule has 1 aliphatic carbocycles. The van der Waals surface area contributed by atoms with Crippen LogP contribution < -0.4 is 0 Å². The molecule has 7 nitrogen and oxygen atoms in total. The Hall–Kier alpha value is -2.46. The van der Waals surface area contributed by atoms with E-state index in [1.54, 1.807) is 11.8 Å². The Bertz CT molecular complexity index is 889. The predicted octanol–water partition coefficient (Wildman–Crippen LogP) is 2.49. The van der Waals surface area contributed by atoms with Crippen LogP contribution in [-0.4, -0.2) is 39.0 Å². The van der Waals surface area contributed by atoms with Crippen LogP contribution in [0.4, 0.5) is 0 Å². The second-order valence-corrected chi connectivity index (χ2v) is 7.15. The number of aromatic nitrogens is 3. The number of rotatable bonds is 2. The summed E-state index contributed by atoms with van der Waals surface area (Å²) in [7, 11) is 0. The van der Waals surface area contributed by atoms with Crippen LogP contribution in [0.1, 0.15) is 47.0 Å². The summed E-state index contributed by atoms with van der Waals surface area (Å²) in [5.74, 6) is 1.31. The molecule has 128 valence electrons. The number of pyridine rings is 1. The van der Waals surface area contributed by atoms with Gasteiger partial charge in [-0.15, -0.1) is 0 Å². The van der Waals surface area contributed by atoms with Gasteiger partial charge in [-0.05, 0) is 31.7 Å². The van der Waals surface area contributed by atoms with Gasteiger partial charge in [0.2, 0.25) is 5.89 Å². The maximum atomic E-state index is 12.9. The molecule has 0 unspecified atom stereocenters. The zero-order valence-corrected chi connectivity index (χ0v) is 14.5. The van der Waals surface area contributed by atoms with Crippen molar-refractivity contribution in [2.45, 2.75) is 31.6 Å². The van der Waals surface area contributed by atoms with Crippen LogP contribution in [0.3, 0.4) is 0 Å². The van der Waals surface area contributed by atoms with Crippen molar-refractivity contribution in [2.24, 2.45) is 5.92 Å². The molecular weight excluding hydrogens is 342 g/mol. The molecule has 3 heterocycles. The number of likely N-dealkylation sites (tertiary alicyclic amines) is 1. The summed E-state index contributed by atoms with van der Waals surface area (Å²) in [5, 5.41) is 13.0. The molecule has 0 N–H and O–H groups in total. The lowest BCUT2D eigenvalue weighted by Gasteiger charge is -2.24. The number of halogens is 1. The van der Waals surface area contributed by atoms with Crippen molar-refractivity contribution in [3.63, 3.8) is 0 Å². The molecule has 1 amide bonds. The number of hydrogen-bond acceptors (Lipinski definition) is 6. The molecule has 2 aliphatic rings. The Morgan fingerprint density at radius 3 is 3.08 bits per heavy atom. The Morgan fingerprint density at radius 2 is 2.40 bits per heavy atom. The highest BCUT2D eigenvalue weighted by molar-refractivity contribution is 6.33. The number of hydrogen-bond donors (Lipinski definition) is 0. The molecule has 2 atom stereocenters. The molecule has 1 aliphatic heterocycles. The first-order chi connectivity index (χ1) is 12.0. The number of fused-ring (bicyclic) bond motifs is 1. The number of nitriles is 1. The van der Waals surface area contributed by atoms with Gasteiger partial charge in [-0.2, -0.15) is 10.2 Å². The highest BCUT2D eigenvalue weighted by Gasteiger charge is 2.55. The van der Waals surface area contributed by atoms with Crippen LogP contribution in [0.25, 0.3) is 0 Å². The first-order valence-corrected chi connectivity index (χ1v) is 8.57. The summed E-state index contributed by atoms with van der Waals surface area (Å²) >= 11 is 6.16. The summed E-state index contributed by atoms with van der Waals surface area (Å²) < 4.78 is 5.46. The van der Waals surface area contributed by atoms with Gasteiger partial charge < -0.3 is 9.42 Å². The highest BCUT2D eigenvalue weighted by atomic mass is 35.5. The summed E-state index contributed by atoms with van der Waals surface area (Å²) in [6, 6.07) is 3.43. The van der Waals surface area contributed by atoms with Gasteiger partial charge in [0.05, 0.1) is 16.0 Å². The third-order valence-electron chi connectivity index (χ3n) is 5.28. The maximum Gasteiger partial charge on any atom is 0.274 e.